The SMILES string of the molecule is CC1CN(C(=O)N2CCNC(C)C2)CCN1.Cl.Cl. The first-order valence-corrected chi connectivity index (χ1v) is 6.17. The lowest BCUT2D eigenvalue weighted by atomic mass is 10.2. The van der Waals surface area contributed by atoms with Crippen molar-refractivity contribution in [1.82, 2.24) is 20.4 Å². The van der Waals surface area contributed by atoms with Gasteiger partial charge in [0.05, 0.1) is 0 Å². The molecule has 2 rings (SSSR count). The molecule has 2 saturated heterocycles. The van der Waals surface area contributed by atoms with E-state index in [1.54, 1.807) is 0 Å². The van der Waals surface area contributed by atoms with Gasteiger partial charge >= 0.3 is 6.03 Å². The Morgan fingerprint density at radius 2 is 1.33 bits per heavy atom. The van der Waals surface area contributed by atoms with E-state index in [-0.39, 0.29) is 30.8 Å². The largest absolute Gasteiger partial charge is 0.322 e. The molecule has 7 heteroatoms. The maximum absolute atomic E-state index is 12.2. The summed E-state index contributed by atoms with van der Waals surface area (Å²) in [7, 11) is 0. The lowest BCUT2D eigenvalue weighted by Gasteiger charge is -2.39. The zero-order valence-corrected chi connectivity index (χ0v) is 12.6. The highest BCUT2D eigenvalue weighted by Crippen LogP contribution is 2.07. The summed E-state index contributed by atoms with van der Waals surface area (Å²) in [5, 5.41) is 6.71. The molecule has 0 aromatic heterocycles. The zero-order chi connectivity index (χ0) is 11.5. The first-order chi connectivity index (χ1) is 7.66. The summed E-state index contributed by atoms with van der Waals surface area (Å²) in [4.78, 5) is 16.2. The van der Waals surface area contributed by atoms with E-state index >= 15 is 0 Å². The van der Waals surface area contributed by atoms with E-state index in [2.05, 4.69) is 24.5 Å². The van der Waals surface area contributed by atoms with E-state index in [0.29, 0.717) is 12.1 Å². The Morgan fingerprint density at radius 3 is 1.67 bits per heavy atom. The van der Waals surface area contributed by atoms with Crippen LogP contribution in [0.4, 0.5) is 4.79 Å². The van der Waals surface area contributed by atoms with Gasteiger partial charge in [0.2, 0.25) is 0 Å². The van der Waals surface area contributed by atoms with Gasteiger partial charge in [-0.05, 0) is 13.8 Å². The van der Waals surface area contributed by atoms with Crippen LogP contribution in [-0.4, -0.2) is 67.2 Å². The molecule has 0 bridgehead atoms. The Labute approximate surface area is 121 Å². The minimum atomic E-state index is 0. The van der Waals surface area contributed by atoms with Crippen molar-refractivity contribution in [2.75, 3.05) is 39.3 Å². The van der Waals surface area contributed by atoms with Crippen molar-refractivity contribution in [2.24, 2.45) is 0 Å². The summed E-state index contributed by atoms with van der Waals surface area (Å²) in [6, 6.07) is 1.04. The Hall–Kier alpha value is -0.230. The summed E-state index contributed by atoms with van der Waals surface area (Å²) in [5.74, 6) is 0. The lowest BCUT2D eigenvalue weighted by molar-refractivity contribution is 0.126. The van der Waals surface area contributed by atoms with Crippen LogP contribution in [0.25, 0.3) is 0 Å². The van der Waals surface area contributed by atoms with Gasteiger partial charge in [-0.1, -0.05) is 0 Å². The van der Waals surface area contributed by atoms with Crippen molar-refractivity contribution in [3.63, 3.8) is 0 Å². The number of nitrogens with zero attached hydrogens (tertiary/aromatic N) is 2. The Morgan fingerprint density at radius 1 is 0.944 bits per heavy atom. The minimum absolute atomic E-state index is 0. The van der Waals surface area contributed by atoms with Crippen LogP contribution in [0, 0.1) is 0 Å². The first-order valence-electron chi connectivity index (χ1n) is 6.17. The van der Waals surface area contributed by atoms with Crippen LogP contribution >= 0.6 is 24.8 Å². The third-order valence-electron chi connectivity index (χ3n) is 3.28. The number of rotatable bonds is 0. The van der Waals surface area contributed by atoms with Gasteiger partial charge in [-0.25, -0.2) is 4.79 Å². The second-order valence-corrected chi connectivity index (χ2v) is 4.88. The van der Waals surface area contributed by atoms with E-state index in [4.69, 9.17) is 0 Å². The summed E-state index contributed by atoms with van der Waals surface area (Å²) >= 11 is 0. The fourth-order valence-corrected chi connectivity index (χ4v) is 2.41. The second-order valence-electron chi connectivity index (χ2n) is 4.88. The molecule has 0 radical (unpaired) electrons. The van der Waals surface area contributed by atoms with Crippen LogP contribution in [0.1, 0.15) is 13.8 Å². The molecule has 18 heavy (non-hydrogen) atoms. The predicted molar refractivity (Wildman–Crippen MR) is 78.0 cm³/mol. The molecule has 108 valence electrons. The molecule has 0 saturated carbocycles. The fourth-order valence-electron chi connectivity index (χ4n) is 2.41. The Bertz CT molecular complexity index is 243. The topological polar surface area (TPSA) is 47.6 Å². The van der Waals surface area contributed by atoms with Crippen molar-refractivity contribution in [3.05, 3.63) is 0 Å². The molecular formula is C11H24Cl2N4O. The highest BCUT2D eigenvalue weighted by Gasteiger charge is 2.27. The number of carbonyl (C=O) groups excluding carboxylic acids is 1. The molecule has 2 aliphatic rings. The fraction of sp³-hybridized carbons (Fsp3) is 0.909. The van der Waals surface area contributed by atoms with Gasteiger partial charge in [0.25, 0.3) is 0 Å². The maximum Gasteiger partial charge on any atom is 0.320 e. The van der Waals surface area contributed by atoms with Gasteiger partial charge in [-0.2, -0.15) is 0 Å². The van der Waals surface area contributed by atoms with E-state index < -0.39 is 0 Å². The molecule has 2 fully saturated rings. The number of carbonyl (C=O) groups is 1. The molecule has 2 heterocycles. The molecule has 2 N–H and O–H groups in total. The minimum Gasteiger partial charge on any atom is -0.322 e. The van der Waals surface area contributed by atoms with E-state index in [0.717, 1.165) is 39.3 Å². The molecule has 5 nitrogen and oxygen atoms in total. The third-order valence-corrected chi connectivity index (χ3v) is 3.28. The highest BCUT2D eigenvalue weighted by atomic mass is 35.5. The van der Waals surface area contributed by atoms with Crippen molar-refractivity contribution < 1.29 is 4.79 Å². The zero-order valence-electron chi connectivity index (χ0n) is 11.0. The van der Waals surface area contributed by atoms with Gasteiger partial charge < -0.3 is 20.4 Å². The average molecular weight is 299 g/mol. The second kappa shape index (κ2) is 8.04. The molecule has 0 aromatic carbocycles. The van der Waals surface area contributed by atoms with Gasteiger partial charge in [0.1, 0.15) is 0 Å². The predicted octanol–water partition coefficient (Wildman–Crippen LogP) is 0.537. The van der Waals surface area contributed by atoms with Crippen molar-refractivity contribution in [1.29, 1.82) is 0 Å². The van der Waals surface area contributed by atoms with Crippen molar-refractivity contribution in [3.8, 4) is 0 Å². The first kappa shape index (κ1) is 17.8. The van der Waals surface area contributed by atoms with Crippen molar-refractivity contribution in [2.45, 2.75) is 25.9 Å². The van der Waals surface area contributed by atoms with E-state index in [9.17, 15) is 4.79 Å². The number of hydrogen-bond acceptors (Lipinski definition) is 3. The maximum atomic E-state index is 12.2. The van der Waals surface area contributed by atoms with Gasteiger partial charge in [0.15, 0.2) is 0 Å². The molecule has 2 aliphatic heterocycles. The number of halogens is 2. The lowest BCUT2D eigenvalue weighted by Crippen LogP contribution is -2.59. The normalized spacial score (nSPS) is 28.1. The monoisotopic (exact) mass is 298 g/mol. The molecule has 0 spiro atoms. The highest BCUT2D eigenvalue weighted by molar-refractivity contribution is 5.85. The number of nitrogens with one attached hydrogen (secondary N) is 2. The average Bonchev–Trinajstić information content (AvgIpc) is 2.28. The van der Waals surface area contributed by atoms with Crippen LogP contribution in [0.3, 0.4) is 0 Å². The van der Waals surface area contributed by atoms with Crippen LogP contribution < -0.4 is 10.6 Å². The summed E-state index contributed by atoms with van der Waals surface area (Å²) < 4.78 is 0. The van der Waals surface area contributed by atoms with Crippen molar-refractivity contribution >= 4 is 30.8 Å². The quantitative estimate of drug-likeness (QED) is 0.686. The van der Waals surface area contributed by atoms with Gasteiger partial charge in [-0.15, -0.1) is 24.8 Å². The number of amides is 2. The van der Waals surface area contributed by atoms with Crippen LogP contribution in [-0.2, 0) is 0 Å². The van der Waals surface area contributed by atoms with Crippen LogP contribution in [0.15, 0.2) is 0 Å². The van der Waals surface area contributed by atoms with Gasteiger partial charge in [-0.3, -0.25) is 0 Å². The molecule has 0 aliphatic carbocycles. The Kier molecular flexibility index (Phi) is 7.94. The van der Waals surface area contributed by atoms with E-state index in [1.165, 1.54) is 0 Å². The van der Waals surface area contributed by atoms with Gasteiger partial charge in [0, 0.05) is 51.4 Å². The molecule has 2 unspecified atom stereocenters. The summed E-state index contributed by atoms with van der Waals surface area (Å²) in [6.07, 6.45) is 0. The molecule has 2 amide bonds. The standard InChI is InChI=1S/C11H22N4O.2ClH/c1-9-7-14(5-3-12-9)11(16)15-6-4-13-10(2)8-15;;/h9-10,12-13H,3-8H2,1-2H3;2*1H. The molecule has 0 aromatic rings. The van der Waals surface area contributed by atoms with Crippen LogP contribution in [0.2, 0.25) is 0 Å². The third kappa shape index (κ3) is 4.46. The van der Waals surface area contributed by atoms with Crippen LogP contribution in [0.5, 0.6) is 0 Å². The number of hydrogen-bond donors (Lipinski definition) is 2. The smallest absolute Gasteiger partial charge is 0.320 e. The number of piperazine rings is 2. The number of urea groups is 1. The van der Waals surface area contributed by atoms with E-state index in [1.807, 2.05) is 9.80 Å². The Balaban J connectivity index is 0.00000144. The summed E-state index contributed by atoms with van der Waals surface area (Å²) in [5.41, 5.74) is 0. The molecule has 2 atom stereocenters. The molecular weight excluding hydrogens is 275 g/mol. The summed E-state index contributed by atoms with van der Waals surface area (Å²) in [6.45, 7) is 9.40.